The molecule has 1 amide bonds. The Balaban J connectivity index is 1.83. The number of carbonyl (C=O) groups is 1. The molecule has 0 spiro atoms. The Morgan fingerprint density at radius 3 is 2.18 bits per heavy atom. The summed E-state index contributed by atoms with van der Waals surface area (Å²) in [6.45, 7) is 3.94. The second kappa shape index (κ2) is 11.7. The van der Waals surface area contributed by atoms with Gasteiger partial charge in [-0.05, 0) is 86.0 Å². The lowest BCUT2D eigenvalue weighted by Gasteiger charge is -2.24. The summed E-state index contributed by atoms with van der Waals surface area (Å²) in [7, 11) is -4.11. The molecule has 8 heteroatoms. The Kier molecular flexibility index (Phi) is 8.65. The van der Waals surface area contributed by atoms with Gasteiger partial charge in [0.15, 0.2) is 0 Å². The van der Waals surface area contributed by atoms with Gasteiger partial charge in [0.1, 0.15) is 18.1 Å². The molecule has 34 heavy (non-hydrogen) atoms. The third kappa shape index (κ3) is 6.57. The maximum Gasteiger partial charge on any atom is 0.264 e. The molecule has 0 saturated carbocycles. The van der Waals surface area contributed by atoms with Crippen molar-refractivity contribution in [2.24, 2.45) is 0 Å². The van der Waals surface area contributed by atoms with E-state index in [9.17, 15) is 17.6 Å². The number of rotatable bonds is 11. The highest BCUT2D eigenvalue weighted by Crippen LogP contribution is 2.26. The maximum absolute atomic E-state index is 13.5. The molecule has 6 nitrogen and oxygen atoms in total. The van der Waals surface area contributed by atoms with Crippen LogP contribution in [0.4, 0.5) is 15.8 Å². The molecule has 3 aromatic carbocycles. The zero-order valence-electron chi connectivity index (χ0n) is 19.3. The van der Waals surface area contributed by atoms with Crippen molar-refractivity contribution in [3.8, 4) is 5.75 Å². The minimum atomic E-state index is -4.11. The van der Waals surface area contributed by atoms with Crippen molar-refractivity contribution in [2.75, 3.05) is 22.8 Å². The van der Waals surface area contributed by atoms with Crippen molar-refractivity contribution < 1.29 is 22.3 Å². The molecule has 0 aliphatic heterocycles. The number of anilines is 2. The average molecular weight is 485 g/mol. The molecule has 0 aliphatic rings. The van der Waals surface area contributed by atoms with Crippen molar-refractivity contribution in [1.82, 2.24) is 0 Å². The molecular formula is C26H29FN2O4S. The zero-order valence-corrected chi connectivity index (χ0v) is 20.1. The molecule has 0 aromatic heterocycles. The third-order valence-corrected chi connectivity index (χ3v) is 6.97. The van der Waals surface area contributed by atoms with Crippen molar-refractivity contribution >= 4 is 27.3 Å². The zero-order chi connectivity index (χ0) is 24.6. The molecular weight excluding hydrogens is 455 g/mol. The summed E-state index contributed by atoms with van der Waals surface area (Å²) >= 11 is 0. The molecule has 0 aliphatic carbocycles. The molecule has 0 unspecified atom stereocenters. The van der Waals surface area contributed by atoms with E-state index in [1.165, 1.54) is 29.8 Å². The van der Waals surface area contributed by atoms with E-state index < -0.39 is 28.3 Å². The van der Waals surface area contributed by atoms with Gasteiger partial charge < -0.3 is 10.1 Å². The lowest BCUT2D eigenvalue weighted by molar-refractivity contribution is -0.114. The number of benzene rings is 3. The molecule has 3 rings (SSSR count). The van der Waals surface area contributed by atoms with Crippen LogP contribution in [-0.2, 0) is 21.2 Å². The summed E-state index contributed by atoms with van der Waals surface area (Å²) < 4.78 is 46.7. The van der Waals surface area contributed by atoms with Gasteiger partial charge in [0.25, 0.3) is 10.0 Å². The summed E-state index contributed by atoms with van der Waals surface area (Å²) in [5, 5.41) is 2.75. The summed E-state index contributed by atoms with van der Waals surface area (Å²) in [6, 6.07) is 18.4. The van der Waals surface area contributed by atoms with E-state index in [0.717, 1.165) is 35.7 Å². The monoisotopic (exact) mass is 484 g/mol. The summed E-state index contributed by atoms with van der Waals surface area (Å²) in [5.41, 5.74) is 1.92. The fraction of sp³-hybridized carbons (Fsp3) is 0.269. The van der Waals surface area contributed by atoms with Crippen molar-refractivity contribution in [3.63, 3.8) is 0 Å². The first-order valence-electron chi connectivity index (χ1n) is 11.2. The summed E-state index contributed by atoms with van der Waals surface area (Å²) in [4.78, 5) is 12.8. The summed E-state index contributed by atoms with van der Waals surface area (Å²) in [5.74, 6) is -0.482. The number of aryl methyl sites for hydroxylation is 1. The van der Waals surface area contributed by atoms with Crippen molar-refractivity contribution in [1.29, 1.82) is 0 Å². The van der Waals surface area contributed by atoms with E-state index in [0.29, 0.717) is 18.0 Å². The predicted octanol–water partition coefficient (Wildman–Crippen LogP) is 5.40. The Morgan fingerprint density at radius 2 is 1.59 bits per heavy atom. The largest absolute Gasteiger partial charge is 0.494 e. The van der Waals surface area contributed by atoms with E-state index in [1.54, 1.807) is 24.3 Å². The molecule has 180 valence electrons. The maximum atomic E-state index is 13.5. The van der Waals surface area contributed by atoms with E-state index in [-0.39, 0.29) is 10.6 Å². The van der Waals surface area contributed by atoms with Crippen molar-refractivity contribution in [3.05, 3.63) is 84.2 Å². The van der Waals surface area contributed by atoms with Crippen LogP contribution in [-0.4, -0.2) is 27.5 Å². The highest BCUT2D eigenvalue weighted by molar-refractivity contribution is 7.92. The molecule has 1 N–H and O–H groups in total. The van der Waals surface area contributed by atoms with Gasteiger partial charge in [-0.2, -0.15) is 0 Å². The minimum Gasteiger partial charge on any atom is -0.494 e. The van der Waals surface area contributed by atoms with E-state index >= 15 is 0 Å². The van der Waals surface area contributed by atoms with Crippen LogP contribution < -0.4 is 14.4 Å². The van der Waals surface area contributed by atoms with Crippen molar-refractivity contribution in [2.45, 2.75) is 38.0 Å². The normalized spacial score (nSPS) is 11.1. The number of halogens is 1. The number of unbranched alkanes of at least 4 members (excludes halogenated alkanes) is 1. The number of sulfonamides is 1. The molecule has 0 heterocycles. The topological polar surface area (TPSA) is 75.7 Å². The molecule has 0 bridgehead atoms. The number of nitrogens with one attached hydrogen (secondary N) is 1. The number of amides is 1. The van der Waals surface area contributed by atoms with Crippen LogP contribution in [0.1, 0.15) is 32.3 Å². The first kappa shape index (κ1) is 25.2. The highest BCUT2D eigenvalue weighted by atomic mass is 32.2. The summed E-state index contributed by atoms with van der Waals surface area (Å²) in [6.07, 6.45) is 3.14. The molecule has 3 aromatic rings. The lowest BCUT2D eigenvalue weighted by Crippen LogP contribution is -2.38. The van der Waals surface area contributed by atoms with Crippen LogP contribution in [0.25, 0.3) is 0 Å². The van der Waals surface area contributed by atoms with Gasteiger partial charge >= 0.3 is 0 Å². The standard InChI is InChI=1S/C26H29FN2O4S/c1-3-5-6-20-7-11-22(12-8-20)28-26(30)19-29(23-13-9-21(27)10-14-23)34(31,32)25-17-15-24(16-18-25)33-4-2/h7-18H,3-6,19H2,1-2H3,(H,28,30). The van der Waals surface area contributed by atoms with Gasteiger partial charge in [-0.25, -0.2) is 12.8 Å². The number of carbonyl (C=O) groups excluding carboxylic acids is 1. The Morgan fingerprint density at radius 1 is 0.941 bits per heavy atom. The van der Waals surface area contributed by atoms with Gasteiger partial charge in [0, 0.05) is 5.69 Å². The Labute approximate surface area is 200 Å². The fourth-order valence-electron chi connectivity index (χ4n) is 3.39. The van der Waals surface area contributed by atoms with E-state index in [2.05, 4.69) is 12.2 Å². The average Bonchev–Trinajstić information content (AvgIpc) is 2.83. The second-order valence-electron chi connectivity index (χ2n) is 7.74. The molecule has 0 atom stereocenters. The van der Waals surface area contributed by atoms with Crippen LogP contribution in [0, 0.1) is 5.82 Å². The number of ether oxygens (including phenoxy) is 1. The van der Waals surface area contributed by atoms with E-state index in [4.69, 9.17) is 4.74 Å². The van der Waals surface area contributed by atoms with Crippen LogP contribution in [0.5, 0.6) is 5.75 Å². The predicted molar refractivity (Wildman–Crippen MR) is 132 cm³/mol. The van der Waals surface area contributed by atoms with Gasteiger partial charge in [0.05, 0.1) is 17.2 Å². The van der Waals surface area contributed by atoms with Gasteiger partial charge in [-0.1, -0.05) is 25.5 Å². The first-order valence-corrected chi connectivity index (χ1v) is 12.7. The molecule has 0 radical (unpaired) electrons. The van der Waals surface area contributed by atoms with Gasteiger partial charge in [-0.15, -0.1) is 0 Å². The van der Waals surface area contributed by atoms with Gasteiger partial charge in [-0.3, -0.25) is 9.10 Å². The Bertz CT molecular complexity index is 1180. The van der Waals surface area contributed by atoms with E-state index in [1.807, 2.05) is 19.1 Å². The minimum absolute atomic E-state index is 0.00615. The molecule has 0 fully saturated rings. The van der Waals surface area contributed by atoms with Crippen LogP contribution in [0.3, 0.4) is 0 Å². The number of hydrogen-bond donors (Lipinski definition) is 1. The quantitative estimate of drug-likeness (QED) is 0.395. The number of nitrogens with zero attached hydrogens (tertiary/aromatic N) is 1. The smallest absolute Gasteiger partial charge is 0.264 e. The second-order valence-corrected chi connectivity index (χ2v) is 9.60. The molecule has 0 saturated heterocycles. The van der Waals surface area contributed by atoms with Crippen LogP contribution in [0.2, 0.25) is 0 Å². The van der Waals surface area contributed by atoms with Crippen LogP contribution in [0.15, 0.2) is 77.7 Å². The highest BCUT2D eigenvalue weighted by Gasteiger charge is 2.27. The Hall–Kier alpha value is -3.39. The lowest BCUT2D eigenvalue weighted by atomic mass is 10.1. The number of hydrogen-bond acceptors (Lipinski definition) is 4. The van der Waals surface area contributed by atoms with Crippen LogP contribution >= 0.6 is 0 Å². The van der Waals surface area contributed by atoms with Gasteiger partial charge in [0.2, 0.25) is 5.91 Å². The third-order valence-electron chi connectivity index (χ3n) is 5.18. The first-order chi connectivity index (χ1) is 16.3. The SMILES string of the molecule is CCCCc1ccc(NC(=O)CN(c2ccc(F)cc2)S(=O)(=O)c2ccc(OCC)cc2)cc1. The fourth-order valence-corrected chi connectivity index (χ4v) is 4.81.